The van der Waals surface area contributed by atoms with Gasteiger partial charge in [-0.15, -0.1) is 0 Å². The molecule has 0 aliphatic carbocycles. The number of benzene rings is 3. The first-order valence-electron chi connectivity index (χ1n) is 7.39. The largest absolute Gasteiger partial charge is 0.398 e. The topological polar surface area (TPSA) is 156 Å². The number of rotatable bonds is 2. The summed E-state index contributed by atoms with van der Waals surface area (Å²) in [7, 11) is 0. The lowest BCUT2D eigenvalue weighted by Gasteiger charge is -2.20. The van der Waals surface area contributed by atoms with Crippen LogP contribution in [0.15, 0.2) is 48.5 Å². The van der Waals surface area contributed by atoms with Gasteiger partial charge in [-0.25, -0.2) is 0 Å². The Morgan fingerprint density at radius 3 is 1.58 bits per heavy atom. The standard InChI is InChI=1S/C18H20N6/c19-11-8-4-7-10(12(11)9-5-2-1-3-6-9)13-14(20)16(22)18(24)17(23)15(13)21/h1-8H,19-24H2. The highest BCUT2D eigenvalue weighted by Gasteiger charge is 2.21. The van der Waals surface area contributed by atoms with Crippen molar-refractivity contribution in [2.45, 2.75) is 0 Å². The molecular weight excluding hydrogens is 300 g/mol. The van der Waals surface area contributed by atoms with Gasteiger partial charge in [-0.1, -0.05) is 42.5 Å². The molecule has 0 radical (unpaired) electrons. The number of nitrogen functional groups attached to an aromatic ring is 6. The summed E-state index contributed by atoms with van der Waals surface area (Å²) in [6, 6.07) is 15.3. The molecule has 12 N–H and O–H groups in total. The van der Waals surface area contributed by atoms with Crippen LogP contribution in [0.1, 0.15) is 0 Å². The van der Waals surface area contributed by atoms with Crippen molar-refractivity contribution < 1.29 is 0 Å². The summed E-state index contributed by atoms with van der Waals surface area (Å²) < 4.78 is 0. The smallest absolute Gasteiger partial charge is 0.0824 e. The molecule has 6 heteroatoms. The monoisotopic (exact) mass is 320 g/mol. The van der Waals surface area contributed by atoms with Gasteiger partial charge in [-0.05, 0) is 17.2 Å². The van der Waals surface area contributed by atoms with E-state index in [4.69, 9.17) is 34.4 Å². The van der Waals surface area contributed by atoms with Crippen LogP contribution in [-0.4, -0.2) is 0 Å². The van der Waals surface area contributed by atoms with E-state index in [9.17, 15) is 0 Å². The quantitative estimate of drug-likeness (QED) is 0.398. The fraction of sp³-hybridized carbons (Fsp3) is 0. The number of anilines is 6. The summed E-state index contributed by atoms with van der Waals surface area (Å²) in [5.41, 5.74) is 41.4. The van der Waals surface area contributed by atoms with E-state index in [1.165, 1.54) is 0 Å². The molecule has 0 bridgehead atoms. The van der Waals surface area contributed by atoms with Crippen LogP contribution < -0.4 is 34.4 Å². The van der Waals surface area contributed by atoms with E-state index < -0.39 is 0 Å². The predicted octanol–water partition coefficient (Wildman–Crippen LogP) is 2.51. The molecule has 0 saturated carbocycles. The first-order chi connectivity index (χ1) is 11.4. The van der Waals surface area contributed by atoms with Gasteiger partial charge in [0, 0.05) is 16.8 Å². The zero-order chi connectivity index (χ0) is 17.4. The Bertz CT molecular complexity index is 890. The zero-order valence-corrected chi connectivity index (χ0v) is 13.1. The lowest BCUT2D eigenvalue weighted by molar-refractivity contribution is 1.56. The average Bonchev–Trinajstić information content (AvgIpc) is 2.59. The lowest BCUT2D eigenvalue weighted by Crippen LogP contribution is -2.10. The predicted molar refractivity (Wildman–Crippen MR) is 104 cm³/mol. The highest BCUT2D eigenvalue weighted by molar-refractivity contribution is 6.09. The normalized spacial score (nSPS) is 10.7. The lowest BCUT2D eigenvalue weighted by atomic mass is 9.90. The molecule has 0 atom stereocenters. The zero-order valence-electron chi connectivity index (χ0n) is 13.1. The molecule has 3 aromatic rings. The number of hydrogen-bond acceptors (Lipinski definition) is 6. The van der Waals surface area contributed by atoms with Gasteiger partial charge in [0.2, 0.25) is 0 Å². The summed E-state index contributed by atoms with van der Waals surface area (Å²) in [6.45, 7) is 0. The van der Waals surface area contributed by atoms with Crippen molar-refractivity contribution in [1.82, 2.24) is 0 Å². The number of hydrogen-bond donors (Lipinski definition) is 6. The molecule has 0 aromatic heterocycles. The van der Waals surface area contributed by atoms with Crippen molar-refractivity contribution >= 4 is 34.1 Å². The van der Waals surface area contributed by atoms with Crippen molar-refractivity contribution in [2.75, 3.05) is 34.4 Å². The molecule has 24 heavy (non-hydrogen) atoms. The maximum Gasteiger partial charge on any atom is 0.0824 e. The van der Waals surface area contributed by atoms with Crippen LogP contribution in [0.4, 0.5) is 34.1 Å². The van der Waals surface area contributed by atoms with Gasteiger partial charge in [0.05, 0.1) is 28.4 Å². The Balaban J connectivity index is 2.40. The van der Waals surface area contributed by atoms with E-state index in [1.54, 1.807) is 0 Å². The Labute approximate surface area is 140 Å². The van der Waals surface area contributed by atoms with Crippen LogP contribution in [0.5, 0.6) is 0 Å². The van der Waals surface area contributed by atoms with Gasteiger partial charge in [0.1, 0.15) is 0 Å². The van der Waals surface area contributed by atoms with E-state index in [0.29, 0.717) is 22.6 Å². The van der Waals surface area contributed by atoms with Crippen molar-refractivity contribution in [3.8, 4) is 22.3 Å². The van der Waals surface area contributed by atoms with E-state index >= 15 is 0 Å². The van der Waals surface area contributed by atoms with Crippen LogP contribution >= 0.6 is 0 Å². The minimum absolute atomic E-state index is 0.193. The maximum atomic E-state index is 6.23. The molecule has 0 aliphatic rings. The molecule has 0 aliphatic heterocycles. The fourth-order valence-corrected chi connectivity index (χ4v) is 2.85. The van der Waals surface area contributed by atoms with Crippen LogP contribution in [0, 0.1) is 0 Å². The van der Waals surface area contributed by atoms with Crippen LogP contribution in [0.25, 0.3) is 22.3 Å². The van der Waals surface area contributed by atoms with E-state index in [2.05, 4.69) is 0 Å². The molecule has 0 unspecified atom stereocenters. The first kappa shape index (κ1) is 15.4. The van der Waals surface area contributed by atoms with Gasteiger partial charge in [0.25, 0.3) is 0 Å². The SMILES string of the molecule is Nc1cccc(-c2c(N)c(N)c(N)c(N)c2N)c1-c1ccccc1. The summed E-state index contributed by atoms with van der Waals surface area (Å²) >= 11 is 0. The third-order valence-corrected chi connectivity index (χ3v) is 4.13. The van der Waals surface area contributed by atoms with Gasteiger partial charge in [-0.3, -0.25) is 0 Å². The van der Waals surface area contributed by atoms with Crippen molar-refractivity contribution in [3.05, 3.63) is 48.5 Å². The second-order valence-corrected chi connectivity index (χ2v) is 5.58. The summed E-state index contributed by atoms with van der Waals surface area (Å²) in [5, 5.41) is 0. The number of nitrogens with two attached hydrogens (primary N) is 6. The van der Waals surface area contributed by atoms with E-state index in [1.807, 2.05) is 48.5 Å². The summed E-state index contributed by atoms with van der Waals surface area (Å²) in [5.74, 6) is 0. The Morgan fingerprint density at radius 2 is 1.00 bits per heavy atom. The van der Waals surface area contributed by atoms with Crippen molar-refractivity contribution in [2.24, 2.45) is 0 Å². The molecule has 122 valence electrons. The van der Waals surface area contributed by atoms with Crippen molar-refractivity contribution in [1.29, 1.82) is 0 Å². The van der Waals surface area contributed by atoms with E-state index in [0.717, 1.165) is 16.7 Å². The highest BCUT2D eigenvalue weighted by atomic mass is 14.8. The van der Waals surface area contributed by atoms with Crippen LogP contribution in [-0.2, 0) is 0 Å². The molecule has 0 saturated heterocycles. The van der Waals surface area contributed by atoms with Gasteiger partial charge in [-0.2, -0.15) is 0 Å². The Hall–Kier alpha value is -3.54. The molecule has 3 rings (SSSR count). The minimum Gasteiger partial charge on any atom is -0.398 e. The average molecular weight is 320 g/mol. The Kier molecular flexibility index (Phi) is 3.57. The van der Waals surface area contributed by atoms with Crippen LogP contribution in [0.2, 0.25) is 0 Å². The summed E-state index contributed by atoms with van der Waals surface area (Å²) in [6.07, 6.45) is 0. The second-order valence-electron chi connectivity index (χ2n) is 5.58. The minimum atomic E-state index is 0.193. The molecule has 0 spiro atoms. The third kappa shape index (κ3) is 2.21. The van der Waals surface area contributed by atoms with Gasteiger partial charge >= 0.3 is 0 Å². The maximum absolute atomic E-state index is 6.23. The second kappa shape index (κ2) is 5.58. The molecule has 0 amide bonds. The highest BCUT2D eigenvalue weighted by Crippen LogP contribution is 2.48. The van der Waals surface area contributed by atoms with Gasteiger partial charge in [0.15, 0.2) is 0 Å². The van der Waals surface area contributed by atoms with E-state index in [-0.39, 0.29) is 17.1 Å². The summed E-state index contributed by atoms with van der Waals surface area (Å²) in [4.78, 5) is 0. The Morgan fingerprint density at radius 1 is 0.458 bits per heavy atom. The first-order valence-corrected chi connectivity index (χ1v) is 7.39. The fourth-order valence-electron chi connectivity index (χ4n) is 2.85. The molecule has 0 fully saturated rings. The van der Waals surface area contributed by atoms with Gasteiger partial charge < -0.3 is 34.4 Å². The van der Waals surface area contributed by atoms with Crippen molar-refractivity contribution in [3.63, 3.8) is 0 Å². The molecule has 6 nitrogen and oxygen atoms in total. The molecular formula is C18H20N6. The third-order valence-electron chi connectivity index (χ3n) is 4.13. The molecule has 0 heterocycles. The molecule has 3 aromatic carbocycles. The van der Waals surface area contributed by atoms with Crippen LogP contribution in [0.3, 0.4) is 0 Å².